The number of nitrogens with two attached hydrogens (primary N) is 1. The van der Waals surface area contributed by atoms with Crippen molar-refractivity contribution in [2.45, 2.75) is 0 Å². The second-order valence-corrected chi connectivity index (χ2v) is 3.36. The summed E-state index contributed by atoms with van der Waals surface area (Å²) >= 11 is 6.94. The van der Waals surface area contributed by atoms with Crippen LogP contribution in [0.2, 0.25) is 5.15 Å². The fourth-order valence-electron chi connectivity index (χ4n) is 0.738. The molecule has 0 radical (unpaired) electrons. The lowest BCUT2D eigenvalue weighted by atomic mass is 10.6. The van der Waals surface area contributed by atoms with Crippen LogP contribution < -0.4 is 5.73 Å². The minimum absolute atomic E-state index is 0.362. The normalized spacial score (nSPS) is 10.6. The third-order valence-corrected chi connectivity index (χ3v) is 2.15. The van der Waals surface area contributed by atoms with E-state index in [1.54, 1.807) is 6.07 Å². The van der Waals surface area contributed by atoms with Crippen molar-refractivity contribution in [2.24, 2.45) is 0 Å². The molecular weight excluding hydrogens is 184 g/mol. The second kappa shape index (κ2) is 2.28. The quantitative estimate of drug-likeness (QED) is 0.674. The Kier molecular flexibility index (Phi) is 1.40. The van der Waals surface area contributed by atoms with E-state index < -0.39 is 0 Å². The van der Waals surface area contributed by atoms with E-state index in [1.165, 1.54) is 11.3 Å². The van der Waals surface area contributed by atoms with Crippen LogP contribution in [0.25, 0.3) is 10.3 Å². The van der Waals surface area contributed by atoms with Crippen molar-refractivity contribution in [1.29, 1.82) is 0 Å². The molecule has 6 heteroatoms. The summed E-state index contributed by atoms with van der Waals surface area (Å²) in [5.41, 5.74) is 5.99. The summed E-state index contributed by atoms with van der Waals surface area (Å²) in [5.74, 6) is 0. The monoisotopic (exact) mass is 186 g/mol. The molecule has 0 saturated heterocycles. The van der Waals surface area contributed by atoms with E-state index in [1.807, 2.05) is 0 Å². The number of rotatable bonds is 0. The van der Waals surface area contributed by atoms with Crippen LogP contribution in [0.4, 0.5) is 5.13 Å². The summed E-state index contributed by atoms with van der Waals surface area (Å²) in [5, 5.41) is 8.21. The smallest absolute Gasteiger partial charge is 0.194 e. The van der Waals surface area contributed by atoms with Crippen LogP contribution >= 0.6 is 22.9 Å². The fraction of sp³-hybridized carbons (Fsp3) is 0. The summed E-state index contributed by atoms with van der Waals surface area (Å²) in [6, 6.07) is 1.69. The Morgan fingerprint density at radius 1 is 1.45 bits per heavy atom. The average Bonchev–Trinajstić information content (AvgIpc) is 2.27. The zero-order valence-electron chi connectivity index (χ0n) is 5.28. The highest BCUT2D eigenvalue weighted by molar-refractivity contribution is 7.22. The molecule has 0 fully saturated rings. The van der Waals surface area contributed by atoms with Gasteiger partial charge >= 0.3 is 0 Å². The van der Waals surface area contributed by atoms with Gasteiger partial charge in [0.1, 0.15) is 0 Å². The molecule has 56 valence electrons. The first-order valence-corrected chi connectivity index (χ1v) is 4.00. The zero-order chi connectivity index (χ0) is 7.84. The predicted octanol–water partition coefficient (Wildman–Crippen LogP) is 1.32. The molecule has 0 bridgehead atoms. The van der Waals surface area contributed by atoms with Gasteiger partial charge in [0, 0.05) is 0 Å². The van der Waals surface area contributed by atoms with E-state index in [4.69, 9.17) is 17.3 Å². The van der Waals surface area contributed by atoms with Gasteiger partial charge in [-0.25, -0.2) is 0 Å². The lowest BCUT2D eigenvalue weighted by Crippen LogP contribution is -1.83. The Bertz CT molecular complexity index is 398. The molecule has 2 N–H and O–H groups in total. The van der Waals surface area contributed by atoms with Crippen molar-refractivity contribution in [3.05, 3.63) is 11.2 Å². The predicted molar refractivity (Wildman–Crippen MR) is 44.6 cm³/mol. The number of halogens is 1. The van der Waals surface area contributed by atoms with Gasteiger partial charge in [0.25, 0.3) is 0 Å². The van der Waals surface area contributed by atoms with Crippen LogP contribution in [0.1, 0.15) is 0 Å². The number of fused-ring (bicyclic) bond motifs is 1. The van der Waals surface area contributed by atoms with Crippen LogP contribution in [0.15, 0.2) is 6.07 Å². The summed E-state index contributed by atoms with van der Waals surface area (Å²) in [7, 11) is 0. The average molecular weight is 187 g/mol. The van der Waals surface area contributed by atoms with Gasteiger partial charge in [-0.05, 0) is 6.07 Å². The first kappa shape index (κ1) is 6.75. The molecule has 4 nitrogen and oxygen atoms in total. The second-order valence-electron chi connectivity index (χ2n) is 1.91. The maximum atomic E-state index is 5.59. The molecule has 2 aromatic heterocycles. The minimum atomic E-state index is 0.362. The van der Waals surface area contributed by atoms with Crippen molar-refractivity contribution in [3.63, 3.8) is 0 Å². The molecule has 2 rings (SSSR count). The van der Waals surface area contributed by atoms with Gasteiger partial charge in [-0.1, -0.05) is 22.9 Å². The van der Waals surface area contributed by atoms with Crippen LogP contribution in [0, 0.1) is 0 Å². The molecule has 0 aliphatic rings. The molecule has 2 heterocycles. The van der Waals surface area contributed by atoms with Crippen molar-refractivity contribution >= 4 is 38.4 Å². The van der Waals surface area contributed by atoms with E-state index in [0.717, 1.165) is 4.70 Å². The molecule has 2 aromatic rings. The van der Waals surface area contributed by atoms with E-state index >= 15 is 0 Å². The largest absolute Gasteiger partial charge is 0.375 e. The SMILES string of the molecule is Nc1nc2nnc(Cl)cc2s1. The first-order valence-electron chi connectivity index (χ1n) is 2.81. The van der Waals surface area contributed by atoms with Gasteiger partial charge in [0.15, 0.2) is 15.9 Å². The van der Waals surface area contributed by atoms with Gasteiger partial charge in [0.2, 0.25) is 0 Å². The lowest BCUT2D eigenvalue weighted by Gasteiger charge is -1.84. The summed E-state index contributed by atoms with van der Waals surface area (Å²) in [6.45, 7) is 0. The van der Waals surface area contributed by atoms with Crippen molar-refractivity contribution in [1.82, 2.24) is 15.2 Å². The Morgan fingerprint density at radius 2 is 2.27 bits per heavy atom. The van der Waals surface area contributed by atoms with Gasteiger partial charge in [0.05, 0.1) is 4.70 Å². The van der Waals surface area contributed by atoms with E-state index in [2.05, 4.69) is 15.2 Å². The number of thiazole rings is 1. The third kappa shape index (κ3) is 1.12. The van der Waals surface area contributed by atoms with E-state index in [0.29, 0.717) is 15.9 Å². The van der Waals surface area contributed by atoms with Gasteiger partial charge < -0.3 is 5.73 Å². The van der Waals surface area contributed by atoms with E-state index in [9.17, 15) is 0 Å². The fourth-order valence-corrected chi connectivity index (χ4v) is 1.66. The molecule has 0 aliphatic heterocycles. The summed E-state index contributed by atoms with van der Waals surface area (Å²) < 4.78 is 0.863. The lowest BCUT2D eigenvalue weighted by molar-refractivity contribution is 1.06. The zero-order valence-corrected chi connectivity index (χ0v) is 6.85. The molecule has 0 saturated carbocycles. The highest BCUT2D eigenvalue weighted by Gasteiger charge is 2.02. The van der Waals surface area contributed by atoms with Crippen LogP contribution in [-0.4, -0.2) is 15.2 Å². The number of nitrogens with zero attached hydrogens (tertiary/aromatic N) is 3. The topological polar surface area (TPSA) is 64.7 Å². The molecule has 0 aromatic carbocycles. The number of anilines is 1. The van der Waals surface area contributed by atoms with Gasteiger partial charge in [-0.2, -0.15) is 4.98 Å². The summed E-state index contributed by atoms with van der Waals surface area (Å²) in [4.78, 5) is 3.92. The minimum Gasteiger partial charge on any atom is -0.375 e. The molecule has 0 amide bonds. The third-order valence-electron chi connectivity index (χ3n) is 1.14. The molecule has 0 aliphatic carbocycles. The van der Waals surface area contributed by atoms with Crippen molar-refractivity contribution in [3.8, 4) is 0 Å². The van der Waals surface area contributed by atoms with Crippen LogP contribution in [-0.2, 0) is 0 Å². The van der Waals surface area contributed by atoms with Gasteiger partial charge in [-0.3, -0.25) is 0 Å². The number of aromatic nitrogens is 3. The highest BCUT2D eigenvalue weighted by atomic mass is 35.5. The standard InChI is InChI=1S/C5H3ClN4S/c6-3-1-2-4(10-9-3)8-5(7)11-2/h1H,(H2,7,8,10). The Balaban J connectivity index is 2.82. The maximum Gasteiger partial charge on any atom is 0.194 e. The van der Waals surface area contributed by atoms with Crippen molar-refractivity contribution in [2.75, 3.05) is 5.73 Å². The number of hydrogen-bond acceptors (Lipinski definition) is 5. The first-order chi connectivity index (χ1) is 5.25. The van der Waals surface area contributed by atoms with Gasteiger partial charge in [-0.15, -0.1) is 10.2 Å². The molecule has 0 unspecified atom stereocenters. The van der Waals surface area contributed by atoms with Crippen LogP contribution in [0.3, 0.4) is 0 Å². The Morgan fingerprint density at radius 3 is 3.09 bits per heavy atom. The molecular formula is C5H3ClN4S. The highest BCUT2D eigenvalue weighted by Crippen LogP contribution is 2.22. The molecule has 0 spiro atoms. The number of hydrogen-bond donors (Lipinski definition) is 1. The van der Waals surface area contributed by atoms with E-state index in [-0.39, 0.29) is 0 Å². The van der Waals surface area contributed by atoms with Crippen molar-refractivity contribution < 1.29 is 0 Å². The van der Waals surface area contributed by atoms with Crippen LogP contribution in [0.5, 0.6) is 0 Å². The Labute approximate surface area is 71.0 Å². The Hall–Kier alpha value is -0.940. The maximum absolute atomic E-state index is 5.59. The molecule has 11 heavy (non-hydrogen) atoms. The summed E-state index contributed by atoms with van der Waals surface area (Å²) in [6.07, 6.45) is 0. The number of nitrogen functional groups attached to an aromatic ring is 1. The molecule has 0 atom stereocenters.